The zero-order valence-electron chi connectivity index (χ0n) is 11.8. The first kappa shape index (κ1) is 16.2. The molecule has 0 saturated carbocycles. The van der Waals surface area contributed by atoms with E-state index in [1.165, 1.54) is 20.3 Å². The van der Waals surface area contributed by atoms with E-state index in [0.717, 1.165) is 30.7 Å². The van der Waals surface area contributed by atoms with E-state index in [1.807, 2.05) is 0 Å². The Kier molecular flexibility index (Phi) is 5.20. The van der Waals surface area contributed by atoms with E-state index < -0.39 is 16.0 Å². The third-order valence-corrected chi connectivity index (χ3v) is 6.27. The molecule has 2 heterocycles. The molecule has 2 rings (SSSR count). The Bertz CT molecular complexity index is 605. The molecule has 2 N–H and O–H groups in total. The molecule has 9 heteroatoms. The molecule has 1 unspecified atom stereocenters. The second kappa shape index (κ2) is 6.73. The van der Waals surface area contributed by atoms with Crippen molar-refractivity contribution in [3.05, 3.63) is 10.9 Å². The molecule has 0 aliphatic carbocycles. The van der Waals surface area contributed by atoms with Gasteiger partial charge < -0.3 is 14.8 Å². The smallest absolute Gasteiger partial charge is 0.348 e. The van der Waals surface area contributed by atoms with Crippen LogP contribution in [0.2, 0.25) is 0 Å². The molecule has 1 fully saturated rings. The summed E-state index contributed by atoms with van der Waals surface area (Å²) >= 11 is 0.842. The van der Waals surface area contributed by atoms with Crippen molar-refractivity contribution in [3.8, 4) is 5.75 Å². The number of ether oxygens (including phenoxy) is 2. The monoisotopic (exact) mass is 334 g/mol. The first-order valence-electron chi connectivity index (χ1n) is 6.47. The Morgan fingerprint density at radius 2 is 2.24 bits per heavy atom. The topological polar surface area (TPSA) is 93.7 Å². The summed E-state index contributed by atoms with van der Waals surface area (Å²) in [6.07, 6.45) is 1.70. The molecule has 21 heavy (non-hydrogen) atoms. The molecule has 0 aromatic carbocycles. The van der Waals surface area contributed by atoms with Gasteiger partial charge in [0.05, 0.1) is 14.2 Å². The van der Waals surface area contributed by atoms with Gasteiger partial charge in [0, 0.05) is 18.7 Å². The molecule has 0 bridgehead atoms. The minimum atomic E-state index is -3.73. The van der Waals surface area contributed by atoms with Gasteiger partial charge in [0.1, 0.15) is 4.88 Å². The van der Waals surface area contributed by atoms with Gasteiger partial charge in [-0.15, -0.1) is 11.3 Å². The third kappa shape index (κ3) is 3.73. The van der Waals surface area contributed by atoms with Crippen molar-refractivity contribution in [1.82, 2.24) is 10.0 Å². The molecule has 1 saturated heterocycles. The van der Waals surface area contributed by atoms with Crippen LogP contribution in [-0.4, -0.2) is 47.7 Å². The number of thiophene rings is 1. The van der Waals surface area contributed by atoms with Crippen molar-refractivity contribution >= 4 is 27.3 Å². The molecule has 0 radical (unpaired) electrons. The summed E-state index contributed by atoms with van der Waals surface area (Å²) in [7, 11) is -1.12. The van der Waals surface area contributed by atoms with Crippen molar-refractivity contribution in [1.29, 1.82) is 0 Å². The minimum Gasteiger partial charge on any atom is -0.494 e. The van der Waals surface area contributed by atoms with Gasteiger partial charge in [-0.05, 0) is 19.4 Å². The first-order valence-corrected chi connectivity index (χ1v) is 8.77. The van der Waals surface area contributed by atoms with Crippen LogP contribution in [0.25, 0.3) is 0 Å². The largest absolute Gasteiger partial charge is 0.494 e. The van der Waals surface area contributed by atoms with Gasteiger partial charge in [-0.25, -0.2) is 17.9 Å². The molecule has 1 aromatic heterocycles. The molecule has 1 aliphatic heterocycles. The minimum absolute atomic E-state index is 0.00373. The van der Waals surface area contributed by atoms with Gasteiger partial charge in [-0.3, -0.25) is 0 Å². The highest BCUT2D eigenvalue weighted by molar-refractivity contribution is 7.91. The molecule has 1 aliphatic rings. The van der Waals surface area contributed by atoms with E-state index in [1.54, 1.807) is 0 Å². The van der Waals surface area contributed by atoms with Crippen LogP contribution in [0.4, 0.5) is 0 Å². The zero-order valence-corrected chi connectivity index (χ0v) is 13.5. The van der Waals surface area contributed by atoms with E-state index in [4.69, 9.17) is 4.74 Å². The first-order chi connectivity index (χ1) is 9.97. The molecule has 1 aromatic rings. The standard InChI is InChI=1S/C12H18N2O5S2/c1-18-9-6-10(11(15)19-2)20-12(9)21(16,17)14-8-4-3-5-13-7-8/h6,8,13-14H,3-5,7H2,1-2H3. The van der Waals surface area contributed by atoms with E-state index >= 15 is 0 Å². The lowest BCUT2D eigenvalue weighted by Gasteiger charge is -2.23. The number of hydrogen-bond donors (Lipinski definition) is 2. The SMILES string of the molecule is COC(=O)c1cc(OC)c(S(=O)(=O)NC2CCCNC2)s1. The van der Waals surface area contributed by atoms with Crippen molar-refractivity contribution in [2.75, 3.05) is 27.3 Å². The van der Waals surface area contributed by atoms with Crippen LogP contribution in [0.1, 0.15) is 22.5 Å². The fourth-order valence-corrected chi connectivity index (χ4v) is 4.90. The second-order valence-corrected chi connectivity index (χ2v) is 7.58. The van der Waals surface area contributed by atoms with Crippen LogP contribution in [0, 0.1) is 0 Å². The Morgan fingerprint density at radius 3 is 2.81 bits per heavy atom. The molecule has 7 nitrogen and oxygen atoms in total. The number of rotatable bonds is 5. The Balaban J connectivity index is 2.25. The van der Waals surface area contributed by atoms with Crippen LogP contribution in [0.15, 0.2) is 10.3 Å². The Labute approximate surface area is 127 Å². The maximum atomic E-state index is 12.4. The van der Waals surface area contributed by atoms with E-state index in [-0.39, 0.29) is 20.9 Å². The normalized spacial score (nSPS) is 19.2. The third-order valence-electron chi connectivity index (χ3n) is 3.14. The predicted molar refractivity (Wildman–Crippen MR) is 78.4 cm³/mol. The predicted octanol–water partition coefficient (Wildman–Crippen LogP) is 0.574. The van der Waals surface area contributed by atoms with Crippen LogP contribution >= 0.6 is 11.3 Å². The van der Waals surface area contributed by atoms with Gasteiger partial charge >= 0.3 is 5.97 Å². The average molecular weight is 334 g/mol. The number of carbonyl (C=O) groups excluding carboxylic acids is 1. The number of carbonyl (C=O) groups is 1. The average Bonchev–Trinajstić information content (AvgIpc) is 2.92. The maximum Gasteiger partial charge on any atom is 0.348 e. The number of sulfonamides is 1. The quantitative estimate of drug-likeness (QED) is 0.765. The van der Waals surface area contributed by atoms with Gasteiger partial charge in [0.15, 0.2) is 9.96 Å². The summed E-state index contributed by atoms with van der Waals surface area (Å²) in [6, 6.07) is 1.22. The fraction of sp³-hybridized carbons (Fsp3) is 0.583. The number of hydrogen-bond acceptors (Lipinski definition) is 7. The van der Waals surface area contributed by atoms with Gasteiger partial charge in [-0.2, -0.15) is 0 Å². The molecule has 118 valence electrons. The Morgan fingerprint density at radius 1 is 1.48 bits per heavy atom. The van der Waals surface area contributed by atoms with Crippen LogP contribution in [0.3, 0.4) is 0 Å². The summed E-state index contributed by atoms with van der Waals surface area (Å²) < 4.78 is 37.2. The lowest BCUT2D eigenvalue weighted by molar-refractivity contribution is 0.0606. The fourth-order valence-electron chi connectivity index (χ4n) is 2.11. The maximum absolute atomic E-state index is 12.4. The van der Waals surface area contributed by atoms with Gasteiger partial charge in [0.25, 0.3) is 10.0 Å². The molecule has 0 spiro atoms. The molecule has 1 atom stereocenters. The Hall–Kier alpha value is -1.16. The summed E-state index contributed by atoms with van der Waals surface area (Å²) in [4.78, 5) is 11.7. The summed E-state index contributed by atoms with van der Waals surface area (Å²) in [5.74, 6) is -0.434. The highest BCUT2D eigenvalue weighted by atomic mass is 32.2. The van der Waals surface area contributed by atoms with Crippen LogP contribution in [0.5, 0.6) is 5.75 Å². The molecular weight excluding hydrogens is 316 g/mol. The second-order valence-electron chi connectivity index (χ2n) is 4.62. The highest BCUT2D eigenvalue weighted by Crippen LogP contribution is 2.34. The van der Waals surface area contributed by atoms with Crippen LogP contribution < -0.4 is 14.8 Å². The number of methoxy groups -OCH3 is 2. The lowest BCUT2D eigenvalue weighted by atomic mass is 10.1. The molecule has 0 amide bonds. The van der Waals surface area contributed by atoms with Crippen molar-refractivity contribution in [2.45, 2.75) is 23.1 Å². The van der Waals surface area contributed by atoms with Crippen molar-refractivity contribution in [3.63, 3.8) is 0 Å². The summed E-state index contributed by atoms with van der Waals surface area (Å²) in [5, 5.41) is 3.14. The van der Waals surface area contributed by atoms with Crippen molar-refractivity contribution in [2.24, 2.45) is 0 Å². The van der Waals surface area contributed by atoms with Gasteiger partial charge in [0.2, 0.25) is 0 Å². The van der Waals surface area contributed by atoms with E-state index in [2.05, 4.69) is 14.8 Å². The summed E-state index contributed by atoms with van der Waals surface area (Å²) in [5.41, 5.74) is 0. The summed E-state index contributed by atoms with van der Waals surface area (Å²) in [6.45, 7) is 1.49. The number of piperidine rings is 1. The zero-order chi connectivity index (χ0) is 15.5. The van der Waals surface area contributed by atoms with E-state index in [0.29, 0.717) is 6.54 Å². The lowest BCUT2D eigenvalue weighted by Crippen LogP contribution is -2.45. The van der Waals surface area contributed by atoms with Crippen molar-refractivity contribution < 1.29 is 22.7 Å². The van der Waals surface area contributed by atoms with Gasteiger partial charge in [-0.1, -0.05) is 0 Å². The number of esters is 1. The molecular formula is C12H18N2O5S2. The highest BCUT2D eigenvalue weighted by Gasteiger charge is 2.28. The van der Waals surface area contributed by atoms with Crippen LogP contribution in [-0.2, 0) is 14.8 Å². The van der Waals surface area contributed by atoms with E-state index in [9.17, 15) is 13.2 Å². The number of nitrogens with one attached hydrogen (secondary N) is 2.